The van der Waals surface area contributed by atoms with Crippen LogP contribution in [0.1, 0.15) is 33.1 Å². The highest BCUT2D eigenvalue weighted by atomic mass is 16.5. The van der Waals surface area contributed by atoms with Crippen molar-refractivity contribution in [2.45, 2.75) is 45.3 Å². The van der Waals surface area contributed by atoms with Crippen LogP contribution in [-0.4, -0.2) is 74.6 Å². The van der Waals surface area contributed by atoms with Gasteiger partial charge in [-0.2, -0.15) is 0 Å². The molecule has 1 aliphatic heterocycles. The van der Waals surface area contributed by atoms with Crippen LogP contribution in [0, 0.1) is 0 Å². The van der Waals surface area contributed by atoms with E-state index >= 15 is 0 Å². The van der Waals surface area contributed by atoms with Gasteiger partial charge in [0.25, 0.3) is 0 Å². The second-order valence-electron chi connectivity index (χ2n) is 7.15. The monoisotopic (exact) mass is 392 g/mol. The summed E-state index contributed by atoms with van der Waals surface area (Å²) in [4.78, 5) is 7.06. The third-order valence-corrected chi connectivity index (χ3v) is 4.75. The Balaban J connectivity index is 1.73. The maximum Gasteiger partial charge on any atom is 0.191 e. The van der Waals surface area contributed by atoms with Crippen LogP contribution in [0.5, 0.6) is 11.5 Å². The van der Waals surface area contributed by atoms with Gasteiger partial charge in [0.05, 0.1) is 19.8 Å². The van der Waals surface area contributed by atoms with Crippen molar-refractivity contribution in [3.8, 4) is 11.5 Å². The molecule has 1 saturated heterocycles. The molecule has 1 heterocycles. The number of aliphatic hydroxyl groups is 1. The molecule has 3 N–H and O–H groups in total. The minimum Gasteiger partial charge on any atom is -0.493 e. The summed E-state index contributed by atoms with van der Waals surface area (Å²) >= 11 is 0. The summed E-state index contributed by atoms with van der Waals surface area (Å²) in [6, 6.07) is 7.65. The number of rotatable bonds is 10. The number of benzene rings is 1. The molecule has 7 heteroatoms. The van der Waals surface area contributed by atoms with Crippen molar-refractivity contribution in [2.24, 2.45) is 4.99 Å². The van der Waals surface area contributed by atoms with Crippen molar-refractivity contribution in [3.05, 3.63) is 24.3 Å². The van der Waals surface area contributed by atoms with Gasteiger partial charge < -0.3 is 30.1 Å². The lowest BCUT2D eigenvalue weighted by Crippen LogP contribution is -2.40. The standard InChI is InChI=1S/C21H36N4O3/c1-4-22-21(23-12-7-13-25-14-10-18(26)11-15-25)24-16-17(2)28-20-9-6-5-8-19(20)27-3/h5-6,8-9,17-18,26H,4,7,10-16H2,1-3H3,(H2,22,23,24). The highest BCUT2D eigenvalue weighted by Gasteiger charge is 2.16. The number of para-hydroxylation sites is 2. The molecule has 1 aromatic rings. The number of aliphatic imine (C=N–C) groups is 1. The van der Waals surface area contributed by atoms with E-state index in [4.69, 9.17) is 9.47 Å². The minimum absolute atomic E-state index is 0.0634. The fourth-order valence-electron chi connectivity index (χ4n) is 3.18. The average Bonchev–Trinajstić information content (AvgIpc) is 2.71. The average molecular weight is 393 g/mol. The van der Waals surface area contributed by atoms with Gasteiger partial charge in [-0.05, 0) is 51.8 Å². The number of methoxy groups -OCH3 is 1. The maximum absolute atomic E-state index is 9.58. The molecule has 158 valence electrons. The van der Waals surface area contributed by atoms with Crippen molar-refractivity contribution in [1.82, 2.24) is 15.5 Å². The Morgan fingerprint density at radius 2 is 1.96 bits per heavy atom. The van der Waals surface area contributed by atoms with Crippen LogP contribution >= 0.6 is 0 Å². The van der Waals surface area contributed by atoms with Crippen LogP contribution in [0.25, 0.3) is 0 Å². The van der Waals surface area contributed by atoms with Crippen LogP contribution in [0.2, 0.25) is 0 Å². The molecule has 1 aromatic carbocycles. The summed E-state index contributed by atoms with van der Waals surface area (Å²) in [5, 5.41) is 16.3. The lowest BCUT2D eigenvalue weighted by Gasteiger charge is -2.29. The van der Waals surface area contributed by atoms with Gasteiger partial charge in [0.1, 0.15) is 6.10 Å². The van der Waals surface area contributed by atoms with Gasteiger partial charge in [-0.1, -0.05) is 12.1 Å². The fraction of sp³-hybridized carbons (Fsp3) is 0.667. The predicted octanol–water partition coefficient (Wildman–Crippen LogP) is 1.86. The Labute approximate surface area is 169 Å². The summed E-state index contributed by atoms with van der Waals surface area (Å²) in [6.07, 6.45) is 2.66. The summed E-state index contributed by atoms with van der Waals surface area (Å²) in [5.74, 6) is 2.28. The summed E-state index contributed by atoms with van der Waals surface area (Å²) in [6.45, 7) is 9.34. The Morgan fingerprint density at radius 1 is 1.25 bits per heavy atom. The third-order valence-electron chi connectivity index (χ3n) is 4.75. The first-order chi connectivity index (χ1) is 13.6. The first kappa shape index (κ1) is 22.3. The van der Waals surface area contributed by atoms with E-state index in [0.717, 1.165) is 69.4 Å². The first-order valence-electron chi connectivity index (χ1n) is 10.3. The lowest BCUT2D eigenvalue weighted by molar-refractivity contribution is 0.0823. The number of hydrogen-bond donors (Lipinski definition) is 3. The lowest BCUT2D eigenvalue weighted by atomic mass is 10.1. The molecule has 0 bridgehead atoms. The van der Waals surface area contributed by atoms with E-state index in [1.807, 2.05) is 31.2 Å². The molecule has 7 nitrogen and oxygen atoms in total. The molecule has 1 unspecified atom stereocenters. The number of ether oxygens (including phenoxy) is 2. The van der Waals surface area contributed by atoms with Crippen molar-refractivity contribution in [3.63, 3.8) is 0 Å². The Hall–Kier alpha value is -1.99. The fourth-order valence-corrected chi connectivity index (χ4v) is 3.18. The third kappa shape index (κ3) is 7.94. The molecule has 28 heavy (non-hydrogen) atoms. The number of nitrogens with one attached hydrogen (secondary N) is 2. The normalized spacial score (nSPS) is 17.2. The number of aliphatic hydroxyl groups excluding tert-OH is 1. The van der Waals surface area contributed by atoms with E-state index in [0.29, 0.717) is 6.54 Å². The highest BCUT2D eigenvalue weighted by Crippen LogP contribution is 2.26. The maximum atomic E-state index is 9.58. The molecule has 2 rings (SSSR count). The van der Waals surface area contributed by atoms with Crippen molar-refractivity contribution < 1.29 is 14.6 Å². The molecule has 1 aliphatic rings. The van der Waals surface area contributed by atoms with Gasteiger partial charge in [-0.15, -0.1) is 0 Å². The van der Waals surface area contributed by atoms with E-state index in [2.05, 4.69) is 27.4 Å². The zero-order valence-corrected chi connectivity index (χ0v) is 17.5. The molecule has 0 saturated carbocycles. The zero-order chi connectivity index (χ0) is 20.2. The topological polar surface area (TPSA) is 78.4 Å². The Bertz CT molecular complexity index is 589. The Morgan fingerprint density at radius 3 is 2.64 bits per heavy atom. The van der Waals surface area contributed by atoms with Gasteiger partial charge in [-0.25, -0.2) is 4.99 Å². The van der Waals surface area contributed by atoms with Crippen molar-refractivity contribution >= 4 is 5.96 Å². The second kappa shape index (κ2) is 12.5. The van der Waals surface area contributed by atoms with Crippen molar-refractivity contribution in [2.75, 3.05) is 46.4 Å². The molecular weight excluding hydrogens is 356 g/mol. The molecule has 0 aliphatic carbocycles. The van der Waals surface area contributed by atoms with Crippen LogP contribution in [-0.2, 0) is 0 Å². The van der Waals surface area contributed by atoms with Gasteiger partial charge in [0.2, 0.25) is 0 Å². The minimum atomic E-state index is -0.109. The van der Waals surface area contributed by atoms with Gasteiger partial charge in [0.15, 0.2) is 17.5 Å². The van der Waals surface area contributed by atoms with Gasteiger partial charge in [-0.3, -0.25) is 0 Å². The second-order valence-corrected chi connectivity index (χ2v) is 7.15. The largest absolute Gasteiger partial charge is 0.493 e. The first-order valence-corrected chi connectivity index (χ1v) is 10.3. The van der Waals surface area contributed by atoms with Crippen molar-refractivity contribution in [1.29, 1.82) is 0 Å². The molecular formula is C21H36N4O3. The van der Waals surface area contributed by atoms with Gasteiger partial charge in [0, 0.05) is 26.2 Å². The molecule has 1 atom stereocenters. The van der Waals surface area contributed by atoms with E-state index in [1.54, 1.807) is 7.11 Å². The number of nitrogens with zero attached hydrogens (tertiary/aromatic N) is 2. The van der Waals surface area contributed by atoms with Gasteiger partial charge >= 0.3 is 0 Å². The van der Waals surface area contributed by atoms with Crippen LogP contribution in [0.4, 0.5) is 0 Å². The zero-order valence-electron chi connectivity index (χ0n) is 17.5. The van der Waals surface area contributed by atoms with E-state index < -0.39 is 0 Å². The SMILES string of the molecule is CCNC(=NCC(C)Oc1ccccc1OC)NCCCN1CCC(O)CC1. The number of piperidine rings is 1. The van der Waals surface area contributed by atoms with Crippen LogP contribution in [0.3, 0.4) is 0 Å². The highest BCUT2D eigenvalue weighted by molar-refractivity contribution is 5.79. The summed E-state index contributed by atoms with van der Waals surface area (Å²) in [5.41, 5.74) is 0. The molecule has 0 spiro atoms. The molecule has 0 amide bonds. The quantitative estimate of drug-likeness (QED) is 0.321. The molecule has 1 fully saturated rings. The summed E-state index contributed by atoms with van der Waals surface area (Å²) < 4.78 is 11.3. The Kier molecular flexibility index (Phi) is 9.93. The summed E-state index contributed by atoms with van der Waals surface area (Å²) in [7, 11) is 1.64. The molecule has 0 aromatic heterocycles. The number of likely N-dealkylation sites (tertiary alicyclic amines) is 1. The van der Waals surface area contributed by atoms with E-state index in [1.165, 1.54) is 0 Å². The predicted molar refractivity (Wildman–Crippen MR) is 113 cm³/mol. The van der Waals surface area contributed by atoms with E-state index in [-0.39, 0.29) is 12.2 Å². The number of hydrogen-bond acceptors (Lipinski definition) is 5. The smallest absolute Gasteiger partial charge is 0.191 e. The van der Waals surface area contributed by atoms with Crippen LogP contribution in [0.15, 0.2) is 29.3 Å². The van der Waals surface area contributed by atoms with Crippen LogP contribution < -0.4 is 20.1 Å². The number of guanidine groups is 1. The van der Waals surface area contributed by atoms with E-state index in [9.17, 15) is 5.11 Å². The molecule has 0 radical (unpaired) electrons.